The van der Waals surface area contributed by atoms with Crippen molar-refractivity contribution in [1.29, 1.82) is 0 Å². The molecule has 0 saturated carbocycles. The average molecular weight is 398 g/mol. The van der Waals surface area contributed by atoms with Gasteiger partial charge in [0.15, 0.2) is 0 Å². The van der Waals surface area contributed by atoms with E-state index < -0.39 is 6.04 Å². The van der Waals surface area contributed by atoms with E-state index in [1.54, 1.807) is 31.2 Å². The normalized spacial score (nSPS) is 12.9. The Morgan fingerprint density at radius 3 is 2.48 bits per heavy atom. The maximum Gasteiger partial charge on any atom is 0.238 e. The number of carbonyl (C=O) groups is 2. The van der Waals surface area contributed by atoms with Crippen LogP contribution in [0.2, 0.25) is 0 Å². The third kappa shape index (κ3) is 6.91. The number of carbonyl (C=O) groups excluding carboxylic acids is 2. The summed E-state index contributed by atoms with van der Waals surface area (Å²) in [4.78, 5) is 26.9. The Labute approximate surface area is 173 Å². The fraction of sp³-hybridized carbons (Fsp3) is 0.391. The van der Waals surface area contributed by atoms with E-state index in [0.717, 1.165) is 18.4 Å². The van der Waals surface area contributed by atoms with Gasteiger partial charge in [0.25, 0.3) is 0 Å². The summed E-state index contributed by atoms with van der Waals surface area (Å²) in [6, 6.07) is 16.7. The smallest absolute Gasteiger partial charge is 0.238 e. The Kier molecular flexibility index (Phi) is 8.68. The Balaban J connectivity index is 1.92. The topological polar surface area (TPSA) is 70.7 Å². The number of methoxy groups -OCH3 is 1. The first kappa shape index (κ1) is 22.4. The number of likely N-dealkylation sites (N-methyl/N-ethyl adjacent to an activating group) is 1. The maximum atomic E-state index is 12.8. The van der Waals surface area contributed by atoms with Crippen molar-refractivity contribution in [3.63, 3.8) is 0 Å². The van der Waals surface area contributed by atoms with Gasteiger partial charge < -0.3 is 15.4 Å². The molecule has 0 radical (unpaired) electrons. The summed E-state index contributed by atoms with van der Waals surface area (Å²) < 4.78 is 5.17. The minimum atomic E-state index is -0.436. The molecule has 0 bridgehead atoms. The van der Waals surface area contributed by atoms with Gasteiger partial charge in [-0.1, -0.05) is 49.7 Å². The number of hydrogen-bond donors (Lipinski definition) is 2. The standard InChI is InChI=1S/C23H31N3O3/c1-5-10-21(18-11-7-6-8-12-18)25-23(28)17(2)26(3)16-22(27)24-19-13-9-14-20(15-19)29-4/h6-9,11-15,17,21H,5,10,16H2,1-4H3,(H,24,27)(H,25,28)/t17-,21+/m0/s1. The second-order valence-electron chi connectivity index (χ2n) is 7.13. The molecule has 0 unspecified atom stereocenters. The van der Waals surface area contributed by atoms with E-state index in [2.05, 4.69) is 17.6 Å². The fourth-order valence-electron chi connectivity index (χ4n) is 3.05. The first-order valence-electron chi connectivity index (χ1n) is 9.94. The van der Waals surface area contributed by atoms with Gasteiger partial charge in [-0.15, -0.1) is 0 Å². The Morgan fingerprint density at radius 2 is 1.83 bits per heavy atom. The number of nitrogens with one attached hydrogen (secondary N) is 2. The van der Waals surface area contributed by atoms with Gasteiger partial charge in [0.05, 0.1) is 25.7 Å². The number of nitrogens with zero attached hydrogens (tertiary/aromatic N) is 1. The lowest BCUT2D eigenvalue weighted by atomic mass is 10.0. The van der Waals surface area contributed by atoms with Crippen LogP contribution in [-0.2, 0) is 9.59 Å². The summed E-state index contributed by atoms with van der Waals surface area (Å²) in [5.74, 6) is 0.393. The Morgan fingerprint density at radius 1 is 1.10 bits per heavy atom. The predicted octanol–water partition coefficient (Wildman–Crippen LogP) is 3.61. The third-order valence-electron chi connectivity index (χ3n) is 4.88. The van der Waals surface area contributed by atoms with Crippen LogP contribution in [0.4, 0.5) is 5.69 Å². The van der Waals surface area contributed by atoms with Crippen LogP contribution in [0.3, 0.4) is 0 Å². The van der Waals surface area contributed by atoms with Crippen LogP contribution in [-0.4, -0.2) is 43.5 Å². The highest BCUT2D eigenvalue weighted by Crippen LogP contribution is 2.19. The van der Waals surface area contributed by atoms with Crippen molar-refractivity contribution in [3.8, 4) is 5.75 Å². The summed E-state index contributed by atoms with van der Waals surface area (Å²) in [5.41, 5.74) is 1.75. The van der Waals surface area contributed by atoms with Crippen LogP contribution in [0.25, 0.3) is 0 Å². The van der Waals surface area contributed by atoms with Crippen molar-refractivity contribution in [2.45, 2.75) is 38.8 Å². The zero-order chi connectivity index (χ0) is 21.2. The van der Waals surface area contributed by atoms with E-state index in [1.807, 2.05) is 49.4 Å². The van der Waals surface area contributed by atoms with Crippen LogP contribution < -0.4 is 15.4 Å². The first-order valence-corrected chi connectivity index (χ1v) is 9.94. The molecule has 156 valence electrons. The second kappa shape index (κ2) is 11.2. The Bertz CT molecular complexity index is 795. The van der Waals surface area contributed by atoms with Crippen molar-refractivity contribution in [2.75, 3.05) is 26.0 Å². The zero-order valence-electron chi connectivity index (χ0n) is 17.6. The first-order chi connectivity index (χ1) is 13.9. The number of anilines is 1. The molecular formula is C23H31N3O3. The summed E-state index contributed by atoms with van der Waals surface area (Å²) >= 11 is 0. The molecule has 2 rings (SSSR count). The highest BCUT2D eigenvalue weighted by Gasteiger charge is 2.23. The largest absolute Gasteiger partial charge is 0.497 e. The monoisotopic (exact) mass is 397 g/mol. The summed E-state index contributed by atoms with van der Waals surface area (Å²) in [6.45, 7) is 4.01. The molecule has 2 amide bonds. The van der Waals surface area contributed by atoms with Gasteiger partial charge in [-0.2, -0.15) is 0 Å². The highest BCUT2D eigenvalue weighted by atomic mass is 16.5. The van der Waals surface area contributed by atoms with Gasteiger partial charge in [-0.05, 0) is 38.1 Å². The van der Waals surface area contributed by atoms with Crippen LogP contribution in [0, 0.1) is 0 Å². The number of benzene rings is 2. The van der Waals surface area contributed by atoms with Crippen molar-refractivity contribution in [3.05, 3.63) is 60.2 Å². The van der Waals surface area contributed by atoms with E-state index in [0.29, 0.717) is 11.4 Å². The fourth-order valence-corrected chi connectivity index (χ4v) is 3.05. The molecule has 0 saturated heterocycles. The van der Waals surface area contributed by atoms with Gasteiger partial charge in [0.2, 0.25) is 11.8 Å². The molecule has 0 aliphatic heterocycles. The molecule has 0 fully saturated rings. The van der Waals surface area contributed by atoms with Crippen molar-refractivity contribution < 1.29 is 14.3 Å². The highest BCUT2D eigenvalue weighted by molar-refractivity contribution is 5.93. The molecular weight excluding hydrogens is 366 g/mol. The van der Waals surface area contributed by atoms with Crippen LogP contribution in [0.1, 0.15) is 38.3 Å². The number of ether oxygens (including phenoxy) is 1. The van der Waals surface area contributed by atoms with Gasteiger partial charge in [0.1, 0.15) is 5.75 Å². The molecule has 2 N–H and O–H groups in total. The molecule has 0 spiro atoms. The van der Waals surface area contributed by atoms with Crippen molar-refractivity contribution >= 4 is 17.5 Å². The minimum Gasteiger partial charge on any atom is -0.497 e. The van der Waals surface area contributed by atoms with Crippen molar-refractivity contribution in [2.24, 2.45) is 0 Å². The van der Waals surface area contributed by atoms with Crippen LogP contribution in [0.15, 0.2) is 54.6 Å². The number of rotatable bonds is 10. The lowest BCUT2D eigenvalue weighted by molar-refractivity contribution is -0.127. The van der Waals surface area contributed by atoms with Gasteiger partial charge in [0, 0.05) is 11.8 Å². The maximum absolute atomic E-state index is 12.8. The molecule has 2 aromatic rings. The van der Waals surface area contributed by atoms with Gasteiger partial charge >= 0.3 is 0 Å². The molecule has 6 nitrogen and oxygen atoms in total. The number of hydrogen-bond acceptors (Lipinski definition) is 4. The molecule has 0 heterocycles. The van der Waals surface area contributed by atoms with Crippen molar-refractivity contribution in [1.82, 2.24) is 10.2 Å². The molecule has 0 aromatic heterocycles. The van der Waals surface area contributed by atoms with Crippen LogP contribution in [0.5, 0.6) is 5.75 Å². The van der Waals surface area contributed by atoms with Gasteiger partial charge in [-0.3, -0.25) is 14.5 Å². The summed E-state index contributed by atoms with van der Waals surface area (Å²) in [7, 11) is 3.35. The molecule has 6 heteroatoms. The van der Waals surface area contributed by atoms with E-state index >= 15 is 0 Å². The number of amides is 2. The Hall–Kier alpha value is -2.86. The predicted molar refractivity (Wildman–Crippen MR) is 116 cm³/mol. The molecule has 0 aliphatic rings. The lowest BCUT2D eigenvalue weighted by Gasteiger charge is -2.26. The van der Waals surface area contributed by atoms with Crippen LogP contribution >= 0.6 is 0 Å². The van der Waals surface area contributed by atoms with E-state index in [4.69, 9.17) is 4.74 Å². The second-order valence-corrected chi connectivity index (χ2v) is 7.13. The third-order valence-corrected chi connectivity index (χ3v) is 4.88. The van der Waals surface area contributed by atoms with E-state index in [-0.39, 0.29) is 24.4 Å². The molecule has 2 aromatic carbocycles. The van der Waals surface area contributed by atoms with Gasteiger partial charge in [-0.25, -0.2) is 0 Å². The quantitative estimate of drug-likeness (QED) is 0.642. The molecule has 0 aliphatic carbocycles. The average Bonchev–Trinajstić information content (AvgIpc) is 2.73. The SMILES string of the molecule is CCC[C@@H](NC(=O)[C@H](C)N(C)CC(=O)Nc1cccc(OC)c1)c1ccccc1. The molecule has 2 atom stereocenters. The lowest BCUT2D eigenvalue weighted by Crippen LogP contribution is -2.46. The van der Waals surface area contributed by atoms with E-state index in [1.165, 1.54) is 0 Å². The van der Waals surface area contributed by atoms with E-state index in [9.17, 15) is 9.59 Å². The summed E-state index contributed by atoms with van der Waals surface area (Å²) in [6.07, 6.45) is 1.83. The molecule has 29 heavy (non-hydrogen) atoms. The minimum absolute atomic E-state index is 0.0323. The zero-order valence-corrected chi connectivity index (χ0v) is 17.6. The summed E-state index contributed by atoms with van der Waals surface area (Å²) in [5, 5.41) is 5.96.